The topological polar surface area (TPSA) is 6.48 Å². The average molecular weight is 929 g/mol. The number of nitrogens with zero attached hydrogens (tertiary/aromatic N) is 2. The molecule has 10 rings (SSSR count). The van der Waals surface area contributed by atoms with Crippen molar-refractivity contribution in [3.05, 3.63) is 215 Å². The van der Waals surface area contributed by atoms with E-state index >= 15 is 0 Å². The molecule has 0 spiro atoms. The van der Waals surface area contributed by atoms with Crippen LogP contribution in [0.2, 0.25) is 0 Å². The Labute approximate surface area is 396 Å². The summed E-state index contributed by atoms with van der Waals surface area (Å²) in [6.07, 6.45) is 0. The molecule has 66 heavy (non-hydrogen) atoms. The van der Waals surface area contributed by atoms with Gasteiger partial charge in [0.15, 0.2) is 0 Å². The third-order valence-corrected chi connectivity index (χ3v) is 23.1. The summed E-state index contributed by atoms with van der Waals surface area (Å²) in [5.41, 5.74) is 14.5. The maximum atomic E-state index is 2.39. The van der Waals surface area contributed by atoms with Crippen LogP contribution in [0.15, 0.2) is 194 Å². The van der Waals surface area contributed by atoms with Crippen LogP contribution in [0.4, 0.5) is 34.1 Å². The quantitative estimate of drug-likeness (QED) is 0.128. The Morgan fingerprint density at radius 1 is 0.212 bits per heavy atom. The van der Waals surface area contributed by atoms with Gasteiger partial charge >= 0.3 is 0 Å². The highest BCUT2D eigenvalue weighted by atomic mass is 31.1. The molecule has 0 aliphatic carbocycles. The third kappa shape index (κ3) is 8.39. The number of rotatable bonds is 11. The molecule has 326 valence electrons. The minimum atomic E-state index is -0.269. The molecular weight excluding hydrogens is 873 g/mol. The molecule has 0 aliphatic rings. The lowest BCUT2D eigenvalue weighted by Crippen LogP contribution is -2.10. The van der Waals surface area contributed by atoms with Crippen molar-refractivity contribution in [2.75, 3.05) is 9.80 Å². The number of aryl methyl sites for hydroxylation is 4. The van der Waals surface area contributed by atoms with E-state index in [4.69, 9.17) is 0 Å². The highest BCUT2D eigenvalue weighted by Gasteiger charge is 2.18. The molecule has 6 heteroatoms. The molecule has 10 aromatic rings. The Morgan fingerprint density at radius 2 is 0.379 bits per heavy atom. The fourth-order valence-electron chi connectivity index (χ4n) is 9.24. The summed E-state index contributed by atoms with van der Waals surface area (Å²) in [5.74, 6) is 0. The van der Waals surface area contributed by atoms with E-state index in [0.29, 0.717) is 0 Å². The smallest absolute Gasteiger partial charge is 0.0462 e. The maximum Gasteiger partial charge on any atom is 0.0462 e. The second kappa shape index (κ2) is 18.4. The molecule has 0 bridgehead atoms. The zero-order valence-corrected chi connectivity index (χ0v) is 42.7. The molecule has 4 unspecified atom stereocenters. The predicted molar refractivity (Wildman–Crippen MR) is 297 cm³/mol. The van der Waals surface area contributed by atoms with Gasteiger partial charge in [0.1, 0.15) is 0 Å². The molecule has 4 aromatic heterocycles. The number of hydrogen-bond acceptors (Lipinski definition) is 2. The van der Waals surface area contributed by atoms with E-state index in [1.54, 1.807) is 0 Å². The van der Waals surface area contributed by atoms with E-state index in [0.717, 1.165) is 34.1 Å². The summed E-state index contributed by atoms with van der Waals surface area (Å²) < 4.78 is 0. The van der Waals surface area contributed by atoms with Crippen molar-refractivity contribution in [3.8, 4) is 54.6 Å². The average Bonchev–Trinajstić information content (AvgIpc) is 4.09. The molecule has 0 radical (unpaired) electrons. The Balaban J connectivity index is 0.970. The maximum absolute atomic E-state index is 2.39. The molecular formula is C60H56N2P4. The molecule has 0 fully saturated rings. The predicted octanol–water partition coefficient (Wildman–Crippen LogP) is 20.3. The van der Waals surface area contributed by atoms with Crippen molar-refractivity contribution in [1.29, 1.82) is 0 Å². The van der Waals surface area contributed by atoms with Gasteiger partial charge in [-0.1, -0.05) is 97.1 Å². The van der Waals surface area contributed by atoms with Crippen molar-refractivity contribution >= 4 is 64.3 Å². The molecule has 0 N–H and O–H groups in total. The molecule has 0 amide bonds. The second-order valence-corrected chi connectivity index (χ2v) is 26.8. The van der Waals surface area contributed by atoms with Crippen LogP contribution in [0.25, 0.3) is 54.6 Å². The van der Waals surface area contributed by atoms with Gasteiger partial charge in [-0.15, -0.1) is 30.1 Å². The van der Waals surface area contributed by atoms with Crippen LogP contribution < -0.4 is 9.80 Å². The van der Waals surface area contributed by atoms with Gasteiger partial charge in [-0.2, -0.15) is 0 Å². The molecule has 0 saturated heterocycles. The molecule has 4 heterocycles. The Kier molecular flexibility index (Phi) is 12.2. The van der Waals surface area contributed by atoms with Crippen LogP contribution in [-0.2, 0) is 26.7 Å². The number of anilines is 6. The van der Waals surface area contributed by atoms with Crippen LogP contribution in [0.3, 0.4) is 0 Å². The van der Waals surface area contributed by atoms with E-state index in [-0.39, 0.29) is 30.1 Å². The van der Waals surface area contributed by atoms with Crippen LogP contribution in [0, 0.1) is 27.7 Å². The standard InChI is InChI=1S/C60H56N2P4/c1-41-9-37-57(63(41)5)47-17-29-53(30-18-47)61(54-31-19-48(20-32-54)58-38-10-42(2)64(58)6)51-25-13-45(14-26-51)46-15-27-52(28-16-46)62(55-33-21-49(22-34-55)59-39-11-43(3)65(59)7)56-35-23-50(24-36-56)60-40-12-44(4)66(60)8/h9-40H,1-8H3. The first-order valence-corrected chi connectivity index (χ1v) is 29.9. The first-order valence-electron chi connectivity index (χ1n) is 22.7. The monoisotopic (exact) mass is 928 g/mol. The van der Waals surface area contributed by atoms with E-state index in [1.165, 1.54) is 75.7 Å². The summed E-state index contributed by atoms with van der Waals surface area (Å²) in [7, 11) is -1.08. The third-order valence-electron chi connectivity index (χ3n) is 13.8. The van der Waals surface area contributed by atoms with Gasteiger partial charge in [-0.05, 0) is 206 Å². The molecule has 4 atom stereocenters. The highest BCUT2D eigenvalue weighted by Crippen LogP contribution is 2.48. The second-order valence-electron chi connectivity index (χ2n) is 17.6. The van der Waals surface area contributed by atoms with Crippen LogP contribution >= 0.6 is 30.1 Å². The Morgan fingerprint density at radius 3 is 0.530 bits per heavy atom. The van der Waals surface area contributed by atoms with Gasteiger partial charge in [0, 0.05) is 55.3 Å². The lowest BCUT2D eigenvalue weighted by atomic mass is 10.0. The highest BCUT2D eigenvalue weighted by molar-refractivity contribution is 7.53. The fourth-order valence-corrected chi connectivity index (χ4v) is 15.3. The Bertz CT molecular complexity index is 2880. The van der Waals surface area contributed by atoms with Crippen molar-refractivity contribution in [3.63, 3.8) is 0 Å². The van der Waals surface area contributed by atoms with Gasteiger partial charge in [0.05, 0.1) is 0 Å². The van der Waals surface area contributed by atoms with Crippen LogP contribution in [0.1, 0.15) is 21.2 Å². The molecule has 6 aromatic carbocycles. The van der Waals surface area contributed by atoms with E-state index in [9.17, 15) is 0 Å². The zero-order chi connectivity index (χ0) is 45.6. The summed E-state index contributed by atoms with van der Waals surface area (Å²) >= 11 is 0. The molecule has 2 nitrogen and oxygen atoms in total. The largest absolute Gasteiger partial charge is 0.311 e. The lowest BCUT2D eigenvalue weighted by Gasteiger charge is -2.27. The van der Waals surface area contributed by atoms with Crippen LogP contribution in [-0.4, -0.2) is 0 Å². The fraction of sp³-hybridized carbons (Fsp3) is 0.133. The van der Waals surface area contributed by atoms with Crippen LogP contribution in [0.5, 0.6) is 0 Å². The van der Waals surface area contributed by atoms with Gasteiger partial charge in [-0.25, -0.2) is 0 Å². The normalized spacial score (nSPS) is 12.4. The van der Waals surface area contributed by atoms with Gasteiger partial charge in [0.25, 0.3) is 0 Å². The summed E-state index contributed by atoms with van der Waals surface area (Å²) in [5, 5.41) is 11.7. The van der Waals surface area contributed by atoms with Gasteiger partial charge < -0.3 is 9.80 Å². The Hall–Kier alpha value is -5.96. The van der Waals surface area contributed by atoms with Gasteiger partial charge in [-0.3, -0.25) is 0 Å². The molecule has 0 saturated carbocycles. The van der Waals surface area contributed by atoms with Crippen molar-refractivity contribution in [2.24, 2.45) is 26.7 Å². The zero-order valence-electron chi connectivity index (χ0n) is 39.2. The minimum absolute atomic E-state index is 0.269. The number of hydrogen-bond donors (Lipinski definition) is 0. The van der Waals surface area contributed by atoms with Crippen molar-refractivity contribution < 1.29 is 0 Å². The van der Waals surface area contributed by atoms with E-state index in [1.807, 2.05) is 0 Å². The SMILES string of the molecule is Cc1ccc(-c2ccc(N(c3ccc(-c4ccc(N(c5ccc(-c6ccc(C)p6C)cc5)c5ccc(-c6ccc(C)p6C)cc5)cc4)cc3)c3ccc(-c4ccc(C)p4C)cc3)cc2)p1C. The first kappa shape index (κ1) is 43.9. The van der Waals surface area contributed by atoms with Gasteiger partial charge in [0.2, 0.25) is 0 Å². The minimum Gasteiger partial charge on any atom is -0.311 e. The van der Waals surface area contributed by atoms with Crippen molar-refractivity contribution in [1.82, 2.24) is 0 Å². The molecule has 0 aliphatic heterocycles. The van der Waals surface area contributed by atoms with E-state index in [2.05, 4.69) is 258 Å². The summed E-state index contributed by atoms with van der Waals surface area (Å²) in [4.78, 5) is 4.78. The van der Waals surface area contributed by atoms with E-state index < -0.39 is 0 Å². The summed E-state index contributed by atoms with van der Waals surface area (Å²) in [6.45, 7) is 18.5. The first-order chi connectivity index (χ1) is 32.0. The van der Waals surface area contributed by atoms with Crippen molar-refractivity contribution in [2.45, 2.75) is 27.7 Å². The lowest BCUT2D eigenvalue weighted by molar-refractivity contribution is 1.28. The summed E-state index contributed by atoms with van der Waals surface area (Å²) in [6, 6.07) is 73.3. The number of benzene rings is 6.